The van der Waals surface area contributed by atoms with Crippen molar-refractivity contribution < 1.29 is 34.1 Å². The third-order valence-corrected chi connectivity index (χ3v) is 5.94. The summed E-state index contributed by atoms with van der Waals surface area (Å²) in [5, 5.41) is 20.4. The third-order valence-electron chi connectivity index (χ3n) is 5.94. The van der Waals surface area contributed by atoms with Crippen LogP contribution in [0.2, 0.25) is 0 Å². The predicted molar refractivity (Wildman–Crippen MR) is 126 cm³/mol. The number of hydrogen-bond donors (Lipinski definition) is 2. The summed E-state index contributed by atoms with van der Waals surface area (Å²) in [5.41, 5.74) is 0.0230. The average Bonchev–Trinajstić information content (AvgIpc) is 3.03. The fraction of sp³-hybridized carbons (Fsp3) is 0.370. The molecule has 3 rings (SSSR count). The number of ether oxygens (including phenoxy) is 2. The molecular formula is C27H30O7. The lowest BCUT2D eigenvalue weighted by atomic mass is 9.76. The monoisotopic (exact) mass is 466 g/mol. The van der Waals surface area contributed by atoms with Gasteiger partial charge in [0, 0.05) is 23.6 Å². The number of rotatable bonds is 8. The van der Waals surface area contributed by atoms with Crippen LogP contribution in [0.25, 0.3) is 0 Å². The van der Waals surface area contributed by atoms with Gasteiger partial charge >= 0.3 is 5.97 Å². The second kappa shape index (κ2) is 9.81. The van der Waals surface area contributed by atoms with Crippen LogP contribution < -0.4 is 0 Å². The molecule has 0 aromatic rings. The van der Waals surface area contributed by atoms with Crippen molar-refractivity contribution in [2.45, 2.75) is 59.2 Å². The smallest absolute Gasteiger partial charge is 0.343 e. The molecule has 0 radical (unpaired) electrons. The molecule has 0 aromatic heterocycles. The first-order valence-corrected chi connectivity index (χ1v) is 11.3. The molecular weight excluding hydrogens is 436 g/mol. The van der Waals surface area contributed by atoms with E-state index in [9.17, 15) is 24.6 Å². The molecule has 34 heavy (non-hydrogen) atoms. The Kier molecular flexibility index (Phi) is 7.26. The van der Waals surface area contributed by atoms with Gasteiger partial charge in [-0.25, -0.2) is 4.79 Å². The number of aliphatic hydroxyl groups excluding tert-OH is 2. The molecule has 7 nitrogen and oxygen atoms in total. The van der Waals surface area contributed by atoms with E-state index in [1.165, 1.54) is 25.3 Å². The van der Waals surface area contributed by atoms with Gasteiger partial charge in [-0.1, -0.05) is 38.0 Å². The molecule has 0 bridgehead atoms. The van der Waals surface area contributed by atoms with E-state index in [-0.39, 0.29) is 17.6 Å². The molecule has 0 aromatic carbocycles. The lowest BCUT2D eigenvalue weighted by Crippen LogP contribution is -2.40. The fourth-order valence-electron chi connectivity index (χ4n) is 4.00. The SMILES string of the molecule is CC[C@H](C)/C=C(C)/C=C/C(=O)/C=C(\O)C1=C2C3=COC(C[C@H](C)O)=CC3=CC(=O)[C@]2(C)OC1=O. The van der Waals surface area contributed by atoms with E-state index in [0.717, 1.165) is 18.1 Å². The van der Waals surface area contributed by atoms with Gasteiger partial charge in [0.15, 0.2) is 11.4 Å². The van der Waals surface area contributed by atoms with Crippen LogP contribution in [0.4, 0.5) is 0 Å². The summed E-state index contributed by atoms with van der Waals surface area (Å²) in [5.74, 6) is -1.66. The largest absolute Gasteiger partial charge is 0.507 e. The van der Waals surface area contributed by atoms with E-state index < -0.39 is 35.0 Å². The summed E-state index contributed by atoms with van der Waals surface area (Å²) < 4.78 is 11.0. The number of ketones is 2. The Morgan fingerprint density at radius 1 is 1.21 bits per heavy atom. The number of aliphatic hydroxyl groups is 2. The van der Waals surface area contributed by atoms with Crippen LogP contribution >= 0.6 is 0 Å². The minimum atomic E-state index is -1.64. The standard InChI is InChI=1S/C27H30O7/c1-6-15(2)9-16(3)7-8-19(29)13-22(30)24-25-21-14-33-20(10-17(4)28)11-18(21)12-23(31)27(25,5)34-26(24)32/h7-9,11-15,17,28,30H,6,10H2,1-5H3/b8-7+,16-9+,22-13-/t15-,17-,27-/m0/s1. The van der Waals surface area contributed by atoms with Crippen LogP contribution in [-0.4, -0.2) is 39.5 Å². The molecule has 3 atom stereocenters. The lowest BCUT2D eigenvalue weighted by molar-refractivity contribution is -0.152. The zero-order valence-electron chi connectivity index (χ0n) is 20.0. The second-order valence-corrected chi connectivity index (χ2v) is 9.01. The molecule has 0 saturated carbocycles. The highest BCUT2D eigenvalue weighted by atomic mass is 16.6. The van der Waals surface area contributed by atoms with E-state index in [1.54, 1.807) is 19.1 Å². The van der Waals surface area contributed by atoms with Gasteiger partial charge in [0.2, 0.25) is 5.78 Å². The number of hydrogen-bond acceptors (Lipinski definition) is 7. The Labute approximate surface area is 199 Å². The zero-order valence-corrected chi connectivity index (χ0v) is 20.0. The van der Waals surface area contributed by atoms with Crippen molar-refractivity contribution in [1.82, 2.24) is 0 Å². The van der Waals surface area contributed by atoms with Gasteiger partial charge in [0.25, 0.3) is 0 Å². The topological polar surface area (TPSA) is 110 Å². The van der Waals surface area contributed by atoms with Crippen molar-refractivity contribution in [3.8, 4) is 0 Å². The second-order valence-electron chi connectivity index (χ2n) is 9.01. The maximum Gasteiger partial charge on any atom is 0.343 e. The number of carbonyl (C=O) groups is 3. The Morgan fingerprint density at radius 2 is 1.91 bits per heavy atom. The first-order chi connectivity index (χ1) is 16.0. The minimum Gasteiger partial charge on any atom is -0.507 e. The Morgan fingerprint density at radius 3 is 2.56 bits per heavy atom. The van der Waals surface area contributed by atoms with E-state index >= 15 is 0 Å². The maximum atomic E-state index is 12.9. The molecule has 2 N–H and O–H groups in total. The first-order valence-electron chi connectivity index (χ1n) is 11.3. The van der Waals surface area contributed by atoms with Gasteiger partial charge in [-0.05, 0) is 50.5 Å². The summed E-state index contributed by atoms with van der Waals surface area (Å²) in [6, 6.07) is 0. The number of allylic oxidation sites excluding steroid dienone is 7. The molecule has 0 unspecified atom stereocenters. The molecule has 2 aliphatic heterocycles. The molecule has 0 spiro atoms. The van der Waals surface area contributed by atoms with Crippen LogP contribution in [-0.2, 0) is 23.9 Å². The molecule has 0 fully saturated rings. The van der Waals surface area contributed by atoms with Gasteiger partial charge in [-0.15, -0.1) is 0 Å². The number of fused-ring (bicyclic) bond motifs is 3. The van der Waals surface area contributed by atoms with Crippen LogP contribution in [0.3, 0.4) is 0 Å². The number of carbonyl (C=O) groups excluding carboxylic acids is 3. The summed E-state index contributed by atoms with van der Waals surface area (Å²) in [7, 11) is 0. The van der Waals surface area contributed by atoms with Crippen LogP contribution in [0.1, 0.15) is 47.5 Å². The maximum absolute atomic E-state index is 12.9. The number of esters is 1. The van der Waals surface area contributed by atoms with Crippen molar-refractivity contribution in [2.24, 2.45) is 5.92 Å². The average molecular weight is 467 g/mol. The van der Waals surface area contributed by atoms with Gasteiger partial charge < -0.3 is 19.7 Å². The summed E-state index contributed by atoms with van der Waals surface area (Å²) in [4.78, 5) is 38.0. The van der Waals surface area contributed by atoms with E-state index in [1.807, 2.05) is 13.0 Å². The van der Waals surface area contributed by atoms with Crippen LogP contribution in [0, 0.1) is 5.92 Å². The van der Waals surface area contributed by atoms with Crippen molar-refractivity contribution in [2.75, 3.05) is 0 Å². The molecule has 3 aliphatic rings. The van der Waals surface area contributed by atoms with Crippen molar-refractivity contribution in [1.29, 1.82) is 0 Å². The molecule has 2 heterocycles. The lowest BCUT2D eigenvalue weighted by Gasteiger charge is -2.31. The van der Waals surface area contributed by atoms with Gasteiger partial charge in [-0.2, -0.15) is 0 Å². The minimum absolute atomic E-state index is 0.144. The first kappa shape index (κ1) is 25.2. The van der Waals surface area contributed by atoms with Crippen molar-refractivity contribution in [3.63, 3.8) is 0 Å². The molecule has 0 saturated heterocycles. The van der Waals surface area contributed by atoms with Gasteiger partial charge in [0.05, 0.1) is 12.4 Å². The Bertz CT molecular complexity index is 1140. The molecule has 1 aliphatic carbocycles. The molecule has 0 amide bonds. The normalized spacial score (nSPS) is 24.6. The van der Waals surface area contributed by atoms with E-state index in [2.05, 4.69) is 13.8 Å². The van der Waals surface area contributed by atoms with Crippen molar-refractivity contribution in [3.05, 3.63) is 82.1 Å². The van der Waals surface area contributed by atoms with E-state index in [4.69, 9.17) is 9.47 Å². The highest BCUT2D eigenvalue weighted by Crippen LogP contribution is 2.47. The van der Waals surface area contributed by atoms with Gasteiger partial charge in [-0.3, -0.25) is 9.59 Å². The zero-order chi connectivity index (χ0) is 25.2. The quantitative estimate of drug-likeness (QED) is 0.238. The molecule has 7 heteroatoms. The van der Waals surface area contributed by atoms with Gasteiger partial charge in [0.1, 0.15) is 17.1 Å². The summed E-state index contributed by atoms with van der Waals surface area (Å²) >= 11 is 0. The van der Waals surface area contributed by atoms with Crippen LogP contribution in [0.5, 0.6) is 0 Å². The van der Waals surface area contributed by atoms with E-state index in [0.29, 0.717) is 22.8 Å². The molecule has 180 valence electrons. The van der Waals surface area contributed by atoms with Crippen LogP contribution in [0.15, 0.2) is 82.1 Å². The third kappa shape index (κ3) is 5.04. The summed E-state index contributed by atoms with van der Waals surface area (Å²) in [6.45, 7) is 9.07. The predicted octanol–water partition coefficient (Wildman–Crippen LogP) is 4.24. The fourth-order valence-corrected chi connectivity index (χ4v) is 4.00. The Balaban J connectivity index is 1.98. The van der Waals surface area contributed by atoms with Crippen molar-refractivity contribution >= 4 is 17.5 Å². The highest BCUT2D eigenvalue weighted by Gasteiger charge is 2.54. The Hall–Kier alpha value is -3.45. The highest BCUT2D eigenvalue weighted by molar-refractivity contribution is 6.13. The summed E-state index contributed by atoms with van der Waals surface area (Å²) in [6.07, 6.45) is 10.8.